The number of rotatable bonds is 2. The zero-order valence-corrected chi connectivity index (χ0v) is 11.6. The van der Waals surface area contributed by atoms with Crippen molar-refractivity contribution >= 4 is 11.8 Å². The molecule has 2 rings (SSSR count). The van der Waals surface area contributed by atoms with E-state index >= 15 is 0 Å². The molecule has 1 aliphatic rings. The van der Waals surface area contributed by atoms with Crippen molar-refractivity contribution in [3.05, 3.63) is 35.4 Å². The highest BCUT2D eigenvalue weighted by molar-refractivity contribution is 5.95. The van der Waals surface area contributed by atoms with Crippen LogP contribution in [0.2, 0.25) is 0 Å². The van der Waals surface area contributed by atoms with Crippen LogP contribution in [0.1, 0.15) is 17.3 Å². The first-order valence-electron chi connectivity index (χ1n) is 6.62. The molecule has 1 aromatic rings. The van der Waals surface area contributed by atoms with Crippen molar-refractivity contribution in [2.24, 2.45) is 0 Å². The third-order valence-corrected chi connectivity index (χ3v) is 3.41. The summed E-state index contributed by atoms with van der Waals surface area (Å²) in [6, 6.07) is 3.26. The number of carbonyl (C=O) groups excluding carboxylic acids is 2. The Morgan fingerprint density at radius 3 is 2.05 bits per heavy atom. The van der Waals surface area contributed by atoms with Gasteiger partial charge in [-0.2, -0.15) is 0 Å². The fourth-order valence-corrected chi connectivity index (χ4v) is 2.25. The van der Waals surface area contributed by atoms with Crippen LogP contribution in [0.5, 0.6) is 0 Å². The zero-order chi connectivity index (χ0) is 15.6. The van der Waals surface area contributed by atoms with Gasteiger partial charge in [-0.15, -0.1) is 0 Å². The van der Waals surface area contributed by atoms with Crippen molar-refractivity contribution in [2.45, 2.75) is 13.0 Å². The molecule has 1 heterocycles. The molecule has 1 saturated heterocycles. The van der Waals surface area contributed by atoms with Gasteiger partial charge in [-0.1, -0.05) is 6.07 Å². The summed E-state index contributed by atoms with van der Waals surface area (Å²) in [4.78, 5) is 26.5. The van der Waals surface area contributed by atoms with Crippen LogP contribution in [-0.4, -0.2) is 59.0 Å². The van der Waals surface area contributed by atoms with Gasteiger partial charge in [0.1, 0.15) is 23.3 Å². The van der Waals surface area contributed by atoms with Gasteiger partial charge in [-0.3, -0.25) is 9.59 Å². The van der Waals surface area contributed by atoms with E-state index in [1.165, 1.54) is 22.8 Å². The van der Waals surface area contributed by atoms with E-state index in [4.69, 9.17) is 0 Å². The Morgan fingerprint density at radius 2 is 1.57 bits per heavy atom. The number of piperazine rings is 1. The molecule has 1 aliphatic heterocycles. The summed E-state index contributed by atoms with van der Waals surface area (Å²) in [6.45, 7) is 2.17. The zero-order valence-electron chi connectivity index (χ0n) is 11.6. The van der Waals surface area contributed by atoms with Crippen LogP contribution >= 0.6 is 0 Å². The van der Waals surface area contributed by atoms with Gasteiger partial charge in [-0.25, -0.2) is 8.78 Å². The van der Waals surface area contributed by atoms with Crippen molar-refractivity contribution in [2.75, 3.05) is 26.2 Å². The second-order valence-corrected chi connectivity index (χ2v) is 4.89. The highest BCUT2D eigenvalue weighted by Crippen LogP contribution is 2.16. The van der Waals surface area contributed by atoms with Gasteiger partial charge in [0, 0.05) is 26.2 Å². The first kappa shape index (κ1) is 15.4. The monoisotopic (exact) mass is 298 g/mol. The van der Waals surface area contributed by atoms with Gasteiger partial charge in [0.25, 0.3) is 11.8 Å². The first-order valence-corrected chi connectivity index (χ1v) is 6.62. The van der Waals surface area contributed by atoms with Crippen molar-refractivity contribution in [1.82, 2.24) is 9.80 Å². The Hall–Kier alpha value is -2.02. The summed E-state index contributed by atoms with van der Waals surface area (Å²) >= 11 is 0. The molecule has 2 amide bonds. The largest absolute Gasteiger partial charge is 0.384 e. The second kappa shape index (κ2) is 6.17. The highest BCUT2D eigenvalue weighted by Gasteiger charge is 2.29. The van der Waals surface area contributed by atoms with Gasteiger partial charge < -0.3 is 14.9 Å². The number of hydrogen-bond donors (Lipinski definition) is 1. The van der Waals surface area contributed by atoms with Gasteiger partial charge in [-0.05, 0) is 19.1 Å². The molecule has 5 nitrogen and oxygen atoms in total. The van der Waals surface area contributed by atoms with Crippen molar-refractivity contribution in [3.8, 4) is 0 Å². The molecule has 1 N–H and O–H groups in total. The Kier molecular flexibility index (Phi) is 4.52. The maximum Gasteiger partial charge on any atom is 0.259 e. The molecule has 114 valence electrons. The minimum atomic E-state index is -1.10. The molecule has 1 aromatic carbocycles. The lowest BCUT2D eigenvalue weighted by Crippen LogP contribution is -2.52. The highest BCUT2D eigenvalue weighted by atomic mass is 19.1. The molecule has 1 atom stereocenters. The number of nitrogens with zero attached hydrogens (tertiary/aromatic N) is 2. The second-order valence-electron chi connectivity index (χ2n) is 4.89. The molecule has 0 aliphatic carbocycles. The first-order chi connectivity index (χ1) is 9.91. The number of benzene rings is 1. The van der Waals surface area contributed by atoms with E-state index < -0.39 is 35.1 Å². The number of carbonyl (C=O) groups is 2. The maximum absolute atomic E-state index is 13.6. The Balaban J connectivity index is 2.06. The SMILES string of the molecule is CC(O)C(=O)N1CCN(C(=O)c2c(F)cccc2F)CC1. The molecule has 0 saturated carbocycles. The third-order valence-electron chi connectivity index (χ3n) is 3.41. The average Bonchev–Trinajstić information content (AvgIpc) is 2.46. The van der Waals surface area contributed by atoms with E-state index in [9.17, 15) is 23.5 Å². The summed E-state index contributed by atoms with van der Waals surface area (Å²) in [7, 11) is 0. The predicted octanol–water partition coefficient (Wildman–Crippen LogP) is 0.630. The lowest BCUT2D eigenvalue weighted by molar-refractivity contribution is -0.140. The summed E-state index contributed by atoms with van der Waals surface area (Å²) in [6.07, 6.45) is -1.10. The molecule has 0 bridgehead atoms. The van der Waals surface area contributed by atoms with E-state index in [1.807, 2.05) is 0 Å². The third kappa shape index (κ3) is 3.18. The van der Waals surface area contributed by atoms with Crippen LogP contribution in [0.15, 0.2) is 18.2 Å². The number of aliphatic hydroxyl groups is 1. The Morgan fingerprint density at radius 1 is 1.10 bits per heavy atom. The minimum absolute atomic E-state index is 0.172. The summed E-state index contributed by atoms with van der Waals surface area (Å²) in [5.74, 6) is -2.95. The summed E-state index contributed by atoms with van der Waals surface area (Å²) < 4.78 is 27.2. The average molecular weight is 298 g/mol. The molecule has 21 heavy (non-hydrogen) atoms. The van der Waals surface area contributed by atoms with E-state index in [1.54, 1.807) is 0 Å². The van der Waals surface area contributed by atoms with Gasteiger partial charge in [0.2, 0.25) is 0 Å². The van der Waals surface area contributed by atoms with Crippen LogP contribution < -0.4 is 0 Å². The van der Waals surface area contributed by atoms with Crippen molar-refractivity contribution in [3.63, 3.8) is 0 Å². The van der Waals surface area contributed by atoms with Gasteiger partial charge >= 0.3 is 0 Å². The van der Waals surface area contributed by atoms with Crippen molar-refractivity contribution < 1.29 is 23.5 Å². The number of aliphatic hydroxyl groups excluding tert-OH is 1. The standard InChI is InChI=1S/C14H16F2N2O3/c1-9(19)13(20)17-5-7-18(8-6-17)14(21)12-10(15)3-2-4-11(12)16/h2-4,9,19H,5-8H2,1H3. The number of amides is 2. The summed E-state index contributed by atoms with van der Waals surface area (Å²) in [5.41, 5.74) is -0.576. The fourth-order valence-electron chi connectivity index (χ4n) is 2.25. The molecular weight excluding hydrogens is 282 g/mol. The molecule has 0 spiro atoms. The van der Waals surface area contributed by atoms with E-state index in [-0.39, 0.29) is 26.2 Å². The van der Waals surface area contributed by atoms with Crippen LogP contribution in [0.3, 0.4) is 0 Å². The number of hydrogen-bond acceptors (Lipinski definition) is 3. The molecule has 7 heteroatoms. The van der Waals surface area contributed by atoms with E-state index in [0.717, 1.165) is 12.1 Å². The van der Waals surface area contributed by atoms with Crippen LogP contribution in [0.25, 0.3) is 0 Å². The molecule has 0 radical (unpaired) electrons. The lowest BCUT2D eigenvalue weighted by atomic mass is 10.1. The molecule has 1 fully saturated rings. The quantitative estimate of drug-likeness (QED) is 0.871. The molecule has 1 unspecified atom stereocenters. The van der Waals surface area contributed by atoms with Crippen LogP contribution in [0.4, 0.5) is 8.78 Å². The molecular formula is C14H16F2N2O3. The topological polar surface area (TPSA) is 60.9 Å². The predicted molar refractivity (Wildman–Crippen MR) is 70.5 cm³/mol. The minimum Gasteiger partial charge on any atom is -0.384 e. The van der Waals surface area contributed by atoms with Crippen molar-refractivity contribution in [1.29, 1.82) is 0 Å². The van der Waals surface area contributed by atoms with Crippen LogP contribution in [-0.2, 0) is 4.79 Å². The molecule has 0 aromatic heterocycles. The van der Waals surface area contributed by atoms with Crippen LogP contribution in [0, 0.1) is 11.6 Å². The Labute approximate surface area is 120 Å². The normalized spacial score (nSPS) is 16.8. The maximum atomic E-state index is 13.6. The van der Waals surface area contributed by atoms with E-state index in [2.05, 4.69) is 0 Å². The fraction of sp³-hybridized carbons (Fsp3) is 0.429. The Bertz CT molecular complexity index is 535. The summed E-state index contributed by atoms with van der Waals surface area (Å²) in [5, 5.41) is 9.23. The lowest BCUT2D eigenvalue weighted by Gasteiger charge is -2.35. The smallest absolute Gasteiger partial charge is 0.259 e. The number of halogens is 2. The van der Waals surface area contributed by atoms with Gasteiger partial charge in [0.05, 0.1) is 0 Å². The van der Waals surface area contributed by atoms with E-state index in [0.29, 0.717) is 0 Å². The van der Waals surface area contributed by atoms with Gasteiger partial charge in [0.15, 0.2) is 0 Å².